The Morgan fingerprint density at radius 3 is 2.82 bits per heavy atom. The van der Waals surface area contributed by atoms with E-state index in [1.807, 2.05) is 36.7 Å². The average Bonchev–Trinajstić information content (AvgIpc) is 2.79. The SMILES string of the molecule is Cc1ccc(/C(Cn2ccnc2)=N/O)c(C)c1. The van der Waals surface area contributed by atoms with E-state index in [-0.39, 0.29) is 0 Å². The summed E-state index contributed by atoms with van der Waals surface area (Å²) >= 11 is 0. The molecule has 0 unspecified atom stereocenters. The molecule has 0 saturated heterocycles. The molecule has 0 spiro atoms. The molecule has 17 heavy (non-hydrogen) atoms. The summed E-state index contributed by atoms with van der Waals surface area (Å²) < 4.78 is 1.87. The number of aryl methyl sites for hydroxylation is 2. The quantitative estimate of drug-likeness (QED) is 0.499. The van der Waals surface area contributed by atoms with Gasteiger partial charge in [-0.25, -0.2) is 4.98 Å². The van der Waals surface area contributed by atoms with Crippen molar-refractivity contribution < 1.29 is 5.21 Å². The van der Waals surface area contributed by atoms with Gasteiger partial charge in [0.2, 0.25) is 0 Å². The Morgan fingerprint density at radius 1 is 1.41 bits per heavy atom. The smallest absolute Gasteiger partial charge is 0.107 e. The molecule has 0 aliphatic heterocycles. The van der Waals surface area contributed by atoms with Crippen LogP contribution in [0.5, 0.6) is 0 Å². The third-order valence-electron chi connectivity index (χ3n) is 2.71. The zero-order valence-corrected chi connectivity index (χ0v) is 9.96. The number of nitrogens with zero attached hydrogens (tertiary/aromatic N) is 3. The number of hydrogen-bond acceptors (Lipinski definition) is 3. The molecule has 4 nitrogen and oxygen atoms in total. The highest BCUT2D eigenvalue weighted by Gasteiger charge is 2.08. The third kappa shape index (κ3) is 2.53. The molecular formula is C13H15N3O. The molecule has 2 aromatic rings. The fraction of sp³-hybridized carbons (Fsp3) is 0.231. The summed E-state index contributed by atoms with van der Waals surface area (Å²) in [5, 5.41) is 12.5. The molecule has 0 atom stereocenters. The van der Waals surface area contributed by atoms with Crippen molar-refractivity contribution in [1.29, 1.82) is 0 Å². The van der Waals surface area contributed by atoms with Crippen LogP contribution in [0.4, 0.5) is 0 Å². The van der Waals surface area contributed by atoms with Gasteiger partial charge in [-0.1, -0.05) is 28.9 Å². The number of aromatic nitrogens is 2. The number of imidazole rings is 1. The van der Waals surface area contributed by atoms with E-state index in [0.29, 0.717) is 12.3 Å². The fourth-order valence-corrected chi connectivity index (χ4v) is 1.86. The summed E-state index contributed by atoms with van der Waals surface area (Å²) in [7, 11) is 0. The van der Waals surface area contributed by atoms with Gasteiger partial charge in [0, 0.05) is 18.0 Å². The van der Waals surface area contributed by atoms with Gasteiger partial charge in [-0.05, 0) is 19.4 Å². The topological polar surface area (TPSA) is 50.4 Å². The minimum atomic E-state index is 0.514. The number of rotatable bonds is 3. The van der Waals surface area contributed by atoms with Crippen LogP contribution in [-0.2, 0) is 6.54 Å². The van der Waals surface area contributed by atoms with Crippen LogP contribution in [0.25, 0.3) is 0 Å². The van der Waals surface area contributed by atoms with Crippen LogP contribution in [-0.4, -0.2) is 20.5 Å². The van der Waals surface area contributed by atoms with Crippen molar-refractivity contribution in [2.24, 2.45) is 5.16 Å². The van der Waals surface area contributed by atoms with Crippen molar-refractivity contribution in [1.82, 2.24) is 9.55 Å². The van der Waals surface area contributed by atoms with E-state index < -0.39 is 0 Å². The second-order valence-corrected chi connectivity index (χ2v) is 4.10. The lowest BCUT2D eigenvalue weighted by Gasteiger charge is -2.09. The van der Waals surface area contributed by atoms with E-state index in [1.165, 1.54) is 5.56 Å². The minimum absolute atomic E-state index is 0.514. The van der Waals surface area contributed by atoms with E-state index in [4.69, 9.17) is 5.21 Å². The Balaban J connectivity index is 2.30. The highest BCUT2D eigenvalue weighted by atomic mass is 16.4. The van der Waals surface area contributed by atoms with Crippen LogP contribution >= 0.6 is 0 Å². The first kappa shape index (κ1) is 11.4. The van der Waals surface area contributed by atoms with Crippen molar-refractivity contribution in [2.75, 3.05) is 0 Å². The second-order valence-electron chi connectivity index (χ2n) is 4.10. The van der Waals surface area contributed by atoms with E-state index in [0.717, 1.165) is 11.1 Å². The summed E-state index contributed by atoms with van der Waals surface area (Å²) in [5.41, 5.74) is 3.91. The maximum absolute atomic E-state index is 9.13. The largest absolute Gasteiger partial charge is 0.411 e. The van der Waals surface area contributed by atoms with Crippen LogP contribution in [0.3, 0.4) is 0 Å². The normalized spacial score (nSPS) is 11.8. The molecule has 0 aliphatic carbocycles. The van der Waals surface area contributed by atoms with Crippen molar-refractivity contribution >= 4 is 5.71 Å². The highest BCUT2D eigenvalue weighted by molar-refractivity contribution is 6.01. The van der Waals surface area contributed by atoms with Gasteiger partial charge in [-0.3, -0.25) is 0 Å². The predicted octanol–water partition coefficient (Wildman–Crippen LogP) is 2.38. The number of benzene rings is 1. The van der Waals surface area contributed by atoms with Crippen molar-refractivity contribution in [3.8, 4) is 0 Å². The Morgan fingerprint density at radius 2 is 2.24 bits per heavy atom. The maximum atomic E-state index is 9.13. The Bertz CT molecular complexity index is 530. The zero-order chi connectivity index (χ0) is 12.3. The summed E-state index contributed by atoms with van der Waals surface area (Å²) in [6.07, 6.45) is 5.25. The average molecular weight is 229 g/mol. The van der Waals surface area contributed by atoms with Gasteiger partial charge in [-0.15, -0.1) is 0 Å². The first-order valence-corrected chi connectivity index (χ1v) is 5.45. The van der Waals surface area contributed by atoms with Crippen molar-refractivity contribution in [3.63, 3.8) is 0 Å². The lowest BCUT2D eigenvalue weighted by molar-refractivity contribution is 0.317. The van der Waals surface area contributed by atoms with Gasteiger partial charge in [-0.2, -0.15) is 0 Å². The fourth-order valence-electron chi connectivity index (χ4n) is 1.86. The molecule has 0 amide bonds. The molecule has 1 heterocycles. The second kappa shape index (κ2) is 4.82. The third-order valence-corrected chi connectivity index (χ3v) is 2.71. The maximum Gasteiger partial charge on any atom is 0.107 e. The number of hydrogen-bond donors (Lipinski definition) is 1. The summed E-state index contributed by atoms with van der Waals surface area (Å²) in [6.45, 7) is 4.57. The molecule has 2 rings (SSSR count). The molecule has 1 N–H and O–H groups in total. The van der Waals surface area contributed by atoms with E-state index >= 15 is 0 Å². The monoisotopic (exact) mass is 229 g/mol. The lowest BCUT2D eigenvalue weighted by atomic mass is 10.0. The van der Waals surface area contributed by atoms with E-state index in [9.17, 15) is 0 Å². The standard InChI is InChI=1S/C13H15N3O/c1-10-3-4-12(11(2)7-10)13(15-17)8-16-6-5-14-9-16/h3-7,9,17H,8H2,1-2H3/b15-13+. The van der Waals surface area contributed by atoms with E-state index in [2.05, 4.69) is 16.2 Å². The van der Waals surface area contributed by atoms with Gasteiger partial charge in [0.15, 0.2) is 0 Å². The summed E-state index contributed by atoms with van der Waals surface area (Å²) in [4.78, 5) is 3.97. The molecule has 0 radical (unpaired) electrons. The van der Waals surface area contributed by atoms with Gasteiger partial charge in [0.25, 0.3) is 0 Å². The number of oxime groups is 1. The first-order valence-electron chi connectivity index (χ1n) is 5.45. The van der Waals surface area contributed by atoms with Crippen LogP contribution in [0.1, 0.15) is 16.7 Å². The molecule has 1 aromatic heterocycles. The van der Waals surface area contributed by atoms with Crippen molar-refractivity contribution in [2.45, 2.75) is 20.4 Å². The molecular weight excluding hydrogens is 214 g/mol. The van der Waals surface area contributed by atoms with Gasteiger partial charge >= 0.3 is 0 Å². The molecule has 0 bridgehead atoms. The Labute approximate surface area is 100 Å². The van der Waals surface area contributed by atoms with Crippen molar-refractivity contribution in [3.05, 3.63) is 53.6 Å². The lowest BCUT2D eigenvalue weighted by Crippen LogP contribution is -2.12. The molecule has 88 valence electrons. The van der Waals surface area contributed by atoms with Gasteiger partial charge in [0.1, 0.15) is 5.71 Å². The molecule has 0 saturated carbocycles. The molecule has 0 fully saturated rings. The van der Waals surface area contributed by atoms with E-state index in [1.54, 1.807) is 12.5 Å². The van der Waals surface area contributed by atoms with Gasteiger partial charge in [0.05, 0.1) is 12.9 Å². The predicted molar refractivity (Wildman–Crippen MR) is 66.5 cm³/mol. The minimum Gasteiger partial charge on any atom is -0.411 e. The summed E-state index contributed by atoms with van der Waals surface area (Å²) in [5.74, 6) is 0. The molecule has 4 heteroatoms. The summed E-state index contributed by atoms with van der Waals surface area (Å²) in [6, 6.07) is 6.08. The van der Waals surface area contributed by atoms with Crippen LogP contribution < -0.4 is 0 Å². The van der Waals surface area contributed by atoms with Crippen LogP contribution in [0.15, 0.2) is 42.1 Å². The van der Waals surface area contributed by atoms with Crippen LogP contribution in [0.2, 0.25) is 0 Å². The van der Waals surface area contributed by atoms with Gasteiger partial charge < -0.3 is 9.77 Å². The van der Waals surface area contributed by atoms with Crippen LogP contribution in [0, 0.1) is 13.8 Å². The Hall–Kier alpha value is -2.10. The Kier molecular flexibility index (Phi) is 3.23. The molecule has 0 aliphatic rings. The zero-order valence-electron chi connectivity index (χ0n) is 9.96. The highest BCUT2D eigenvalue weighted by Crippen LogP contribution is 2.12. The molecule has 1 aromatic carbocycles. The first-order chi connectivity index (χ1) is 8.20.